The number of hydrogen-bond donors (Lipinski definition) is 2. The van der Waals surface area contributed by atoms with Crippen LogP contribution in [-0.2, 0) is 0 Å². The number of phenolic OH excluding ortho intramolecular Hbond substituents is 1. The molecule has 0 atom stereocenters. The lowest BCUT2D eigenvalue weighted by atomic mass is 10.2. The van der Waals surface area contributed by atoms with Crippen LogP contribution in [0.3, 0.4) is 0 Å². The third kappa shape index (κ3) is 2.14. The Balaban J connectivity index is 2.15. The Morgan fingerprint density at radius 2 is 2.17 bits per heavy atom. The molecular weight excluding hydrogens is 343 g/mol. The van der Waals surface area contributed by atoms with Gasteiger partial charge in [-0.1, -0.05) is 12.1 Å². The van der Waals surface area contributed by atoms with Gasteiger partial charge < -0.3 is 10.1 Å². The van der Waals surface area contributed by atoms with Crippen molar-refractivity contribution in [2.75, 3.05) is 0 Å². The van der Waals surface area contributed by atoms with E-state index < -0.39 is 0 Å². The number of hydrogen-bond acceptors (Lipinski definition) is 3. The van der Waals surface area contributed by atoms with Gasteiger partial charge in [-0.3, -0.25) is 4.79 Å². The van der Waals surface area contributed by atoms with Gasteiger partial charge in [-0.05, 0) is 47.6 Å². The van der Waals surface area contributed by atoms with Crippen LogP contribution in [-0.4, -0.2) is 15.1 Å². The summed E-state index contributed by atoms with van der Waals surface area (Å²) in [5.74, 6) is 1.12. The van der Waals surface area contributed by atoms with Gasteiger partial charge in [0.05, 0.1) is 9.26 Å². The summed E-state index contributed by atoms with van der Waals surface area (Å²) >= 11 is 2.05. The van der Waals surface area contributed by atoms with Crippen molar-refractivity contribution >= 4 is 22.6 Å². The van der Waals surface area contributed by atoms with E-state index in [1.165, 1.54) is 0 Å². The Hall–Kier alpha value is -1.37. The van der Waals surface area contributed by atoms with Crippen molar-refractivity contribution in [2.45, 2.75) is 18.8 Å². The maximum Gasteiger partial charge on any atom is 0.264 e. The molecule has 0 bridgehead atoms. The van der Waals surface area contributed by atoms with E-state index in [9.17, 15) is 9.90 Å². The molecule has 0 amide bonds. The van der Waals surface area contributed by atoms with Crippen LogP contribution in [0.15, 0.2) is 29.1 Å². The quantitative estimate of drug-likeness (QED) is 0.815. The second-order valence-electron chi connectivity index (χ2n) is 4.44. The SMILES string of the molecule is O=c1[nH]c(-c2cccc(O)c2)nc(C2CC2)c1I. The predicted octanol–water partition coefficient (Wildman–Crippen LogP) is 2.62. The molecule has 1 aliphatic carbocycles. The molecule has 0 saturated heterocycles. The number of H-pyrrole nitrogens is 1. The van der Waals surface area contributed by atoms with Gasteiger partial charge in [0.1, 0.15) is 11.6 Å². The number of aromatic hydroxyl groups is 1. The van der Waals surface area contributed by atoms with E-state index in [1.807, 2.05) is 28.7 Å². The molecule has 1 fully saturated rings. The van der Waals surface area contributed by atoms with Gasteiger partial charge in [-0.25, -0.2) is 4.98 Å². The van der Waals surface area contributed by atoms with Crippen LogP contribution in [0.5, 0.6) is 5.75 Å². The van der Waals surface area contributed by atoms with Crippen LogP contribution in [0, 0.1) is 3.57 Å². The Bertz CT molecular complexity index is 662. The summed E-state index contributed by atoms with van der Waals surface area (Å²) in [7, 11) is 0. The van der Waals surface area contributed by atoms with Crippen LogP contribution in [0.2, 0.25) is 0 Å². The second-order valence-corrected chi connectivity index (χ2v) is 5.52. The van der Waals surface area contributed by atoms with Gasteiger partial charge in [-0.2, -0.15) is 0 Å². The molecule has 1 aliphatic rings. The summed E-state index contributed by atoms with van der Waals surface area (Å²) in [5.41, 5.74) is 1.51. The lowest BCUT2D eigenvalue weighted by molar-refractivity contribution is 0.475. The molecule has 1 aromatic heterocycles. The molecule has 3 rings (SSSR count). The third-order valence-electron chi connectivity index (χ3n) is 2.97. The maximum absolute atomic E-state index is 11.9. The summed E-state index contributed by atoms with van der Waals surface area (Å²) in [6.45, 7) is 0. The van der Waals surface area contributed by atoms with Crippen LogP contribution in [0.4, 0.5) is 0 Å². The molecule has 0 radical (unpaired) electrons. The molecule has 4 nitrogen and oxygen atoms in total. The van der Waals surface area contributed by atoms with E-state index in [4.69, 9.17) is 0 Å². The number of rotatable bonds is 2. The first-order valence-corrected chi connectivity index (χ1v) is 6.82. The number of nitrogens with zero attached hydrogens (tertiary/aromatic N) is 1. The summed E-state index contributed by atoms with van der Waals surface area (Å²) in [5, 5.41) is 9.47. The van der Waals surface area contributed by atoms with Gasteiger partial charge in [0.15, 0.2) is 0 Å². The van der Waals surface area contributed by atoms with E-state index in [1.54, 1.807) is 18.2 Å². The molecule has 0 unspecified atom stereocenters. The fourth-order valence-electron chi connectivity index (χ4n) is 1.89. The lowest BCUT2D eigenvalue weighted by Crippen LogP contribution is -2.15. The zero-order valence-electron chi connectivity index (χ0n) is 9.48. The summed E-state index contributed by atoms with van der Waals surface area (Å²) in [6.07, 6.45) is 2.21. The zero-order chi connectivity index (χ0) is 12.7. The van der Waals surface area contributed by atoms with Gasteiger partial charge in [0.25, 0.3) is 5.56 Å². The fraction of sp³-hybridized carbons (Fsp3) is 0.231. The Morgan fingerprint density at radius 1 is 1.39 bits per heavy atom. The van der Waals surface area contributed by atoms with E-state index in [0.29, 0.717) is 15.3 Å². The fourth-order valence-corrected chi connectivity index (χ4v) is 2.59. The number of benzene rings is 1. The standard InChI is InChI=1S/C13H11IN2O2/c14-10-11(7-4-5-7)15-12(16-13(10)18)8-2-1-3-9(17)6-8/h1-3,6-7,17H,4-5H2,(H,15,16,18). The molecule has 1 saturated carbocycles. The number of aromatic amines is 1. The molecule has 0 spiro atoms. The van der Waals surface area contributed by atoms with Crippen molar-refractivity contribution in [1.82, 2.24) is 9.97 Å². The summed E-state index contributed by atoms with van der Waals surface area (Å²) in [4.78, 5) is 19.2. The van der Waals surface area contributed by atoms with Gasteiger partial charge >= 0.3 is 0 Å². The molecule has 1 aromatic carbocycles. The van der Waals surface area contributed by atoms with Crippen LogP contribution in [0.1, 0.15) is 24.5 Å². The second kappa shape index (κ2) is 4.38. The smallest absolute Gasteiger partial charge is 0.264 e. The van der Waals surface area contributed by atoms with Gasteiger partial charge in [-0.15, -0.1) is 0 Å². The highest BCUT2D eigenvalue weighted by Gasteiger charge is 2.28. The molecule has 92 valence electrons. The Labute approximate surface area is 117 Å². The van der Waals surface area contributed by atoms with Crippen LogP contribution < -0.4 is 5.56 Å². The first kappa shape index (κ1) is 11.7. The molecule has 18 heavy (non-hydrogen) atoms. The van der Waals surface area contributed by atoms with Crippen LogP contribution >= 0.6 is 22.6 Å². The molecule has 1 heterocycles. The highest BCUT2D eigenvalue weighted by molar-refractivity contribution is 14.1. The van der Waals surface area contributed by atoms with E-state index >= 15 is 0 Å². The average molecular weight is 354 g/mol. The van der Waals surface area contributed by atoms with Crippen molar-refractivity contribution in [2.24, 2.45) is 0 Å². The molecule has 0 aliphatic heterocycles. The van der Waals surface area contributed by atoms with Crippen molar-refractivity contribution in [3.8, 4) is 17.1 Å². The highest BCUT2D eigenvalue weighted by atomic mass is 127. The molecule has 2 aromatic rings. The minimum absolute atomic E-state index is 0.106. The van der Waals surface area contributed by atoms with Crippen molar-refractivity contribution in [3.63, 3.8) is 0 Å². The number of nitrogens with one attached hydrogen (secondary N) is 1. The third-order valence-corrected chi connectivity index (χ3v) is 4.01. The Morgan fingerprint density at radius 3 is 2.83 bits per heavy atom. The predicted molar refractivity (Wildman–Crippen MR) is 76.7 cm³/mol. The molecule has 2 N–H and O–H groups in total. The first-order chi connectivity index (χ1) is 8.65. The van der Waals surface area contributed by atoms with E-state index in [2.05, 4.69) is 9.97 Å². The van der Waals surface area contributed by atoms with E-state index in [0.717, 1.165) is 24.1 Å². The maximum atomic E-state index is 11.9. The number of phenols is 1. The molecular formula is C13H11IN2O2. The first-order valence-electron chi connectivity index (χ1n) is 5.74. The van der Waals surface area contributed by atoms with Crippen molar-refractivity contribution in [1.29, 1.82) is 0 Å². The minimum atomic E-state index is -0.106. The lowest BCUT2D eigenvalue weighted by Gasteiger charge is -2.06. The monoisotopic (exact) mass is 354 g/mol. The van der Waals surface area contributed by atoms with Gasteiger partial charge in [0, 0.05) is 11.5 Å². The van der Waals surface area contributed by atoms with Crippen molar-refractivity contribution < 1.29 is 5.11 Å². The number of aromatic nitrogens is 2. The van der Waals surface area contributed by atoms with Gasteiger partial charge in [0.2, 0.25) is 0 Å². The normalized spacial score (nSPS) is 14.7. The largest absolute Gasteiger partial charge is 0.508 e. The summed E-state index contributed by atoms with van der Waals surface area (Å²) < 4.78 is 0.680. The minimum Gasteiger partial charge on any atom is -0.508 e. The zero-order valence-corrected chi connectivity index (χ0v) is 11.6. The highest BCUT2D eigenvalue weighted by Crippen LogP contribution is 2.40. The summed E-state index contributed by atoms with van der Waals surface area (Å²) in [6, 6.07) is 6.75. The topological polar surface area (TPSA) is 66.0 Å². The Kier molecular flexibility index (Phi) is 2.85. The molecule has 5 heteroatoms. The average Bonchev–Trinajstić information content (AvgIpc) is 3.16. The van der Waals surface area contributed by atoms with Crippen molar-refractivity contribution in [3.05, 3.63) is 43.9 Å². The van der Waals surface area contributed by atoms with Crippen LogP contribution in [0.25, 0.3) is 11.4 Å². The number of halogens is 1. The van der Waals surface area contributed by atoms with E-state index in [-0.39, 0.29) is 11.3 Å².